The fraction of sp³-hybridized carbons (Fsp3) is 0.864. The summed E-state index contributed by atoms with van der Waals surface area (Å²) in [4.78, 5) is 40.2. The van der Waals surface area contributed by atoms with Gasteiger partial charge in [-0.1, -0.05) is 54.4 Å². The normalized spacial score (nSPS) is 21.8. The molecule has 2 heterocycles. The molecule has 2 fully saturated rings. The average Bonchev–Trinajstić information content (AvgIpc) is 2.75. The highest BCUT2D eigenvalue weighted by Crippen LogP contribution is 2.36. The molecule has 0 aliphatic carbocycles. The Morgan fingerprint density at radius 2 is 1.52 bits per heavy atom. The Morgan fingerprint density at radius 1 is 0.926 bits per heavy atom. The maximum atomic E-state index is 12.4. The number of carbonyl (C=O) groups is 3. The molecule has 5 nitrogen and oxygen atoms in total. The van der Waals surface area contributed by atoms with Crippen LogP contribution >= 0.6 is 0 Å². The predicted octanol–water partition coefficient (Wildman–Crippen LogP) is 3.86. The Kier molecular flexibility index (Phi) is 6.75. The first-order valence-corrected chi connectivity index (χ1v) is 10.5. The summed E-state index contributed by atoms with van der Waals surface area (Å²) in [6.07, 6.45) is 4.61. The molecule has 2 aliphatic heterocycles. The Labute approximate surface area is 164 Å². The van der Waals surface area contributed by atoms with Crippen molar-refractivity contribution in [3.05, 3.63) is 0 Å². The molecule has 27 heavy (non-hydrogen) atoms. The molecule has 2 saturated heterocycles. The van der Waals surface area contributed by atoms with Gasteiger partial charge in [0.1, 0.15) is 0 Å². The average molecular weight is 379 g/mol. The third kappa shape index (κ3) is 5.55. The number of nitrogens with zero attached hydrogens (tertiary/aromatic N) is 2. The van der Waals surface area contributed by atoms with E-state index in [1.54, 1.807) is 0 Å². The molecule has 0 aromatic heterocycles. The number of hydrogen-bond acceptors (Lipinski definition) is 3. The molecule has 154 valence electrons. The molecule has 3 amide bonds. The summed E-state index contributed by atoms with van der Waals surface area (Å²) in [7, 11) is 0. The summed E-state index contributed by atoms with van der Waals surface area (Å²) in [6, 6.07) is 0. The van der Waals surface area contributed by atoms with Gasteiger partial charge >= 0.3 is 0 Å². The molecular weight excluding hydrogens is 340 g/mol. The molecule has 1 atom stereocenters. The van der Waals surface area contributed by atoms with Crippen LogP contribution in [0.1, 0.15) is 80.1 Å². The molecule has 5 heteroatoms. The second-order valence-corrected chi connectivity index (χ2v) is 10.5. The van der Waals surface area contributed by atoms with Crippen molar-refractivity contribution in [1.82, 2.24) is 9.80 Å². The molecule has 0 bridgehead atoms. The number of carbonyl (C=O) groups excluding carboxylic acids is 3. The lowest BCUT2D eigenvalue weighted by atomic mass is 9.76. The Bertz CT molecular complexity index is 565. The number of rotatable bonds is 7. The minimum absolute atomic E-state index is 0.00568. The van der Waals surface area contributed by atoms with Gasteiger partial charge in [-0.2, -0.15) is 0 Å². The third-order valence-corrected chi connectivity index (χ3v) is 6.27. The van der Waals surface area contributed by atoms with Crippen LogP contribution in [0.3, 0.4) is 0 Å². The second kappa shape index (κ2) is 8.32. The van der Waals surface area contributed by atoms with Crippen molar-refractivity contribution in [1.29, 1.82) is 0 Å². The van der Waals surface area contributed by atoms with E-state index in [1.807, 2.05) is 25.7 Å². The standard InChI is InChI=1S/C22H38N2O3/c1-21(2,3)16-14-23(15-16)18(25)11-9-7-8-10-12-24-19(26)13-17(20(24)27)22(4,5)6/h16-17H,7-15H2,1-6H3/t17-/m0/s1. The van der Waals surface area contributed by atoms with E-state index in [4.69, 9.17) is 0 Å². The van der Waals surface area contributed by atoms with Crippen molar-refractivity contribution in [2.75, 3.05) is 19.6 Å². The summed E-state index contributed by atoms with van der Waals surface area (Å²) >= 11 is 0. The largest absolute Gasteiger partial charge is 0.342 e. The maximum Gasteiger partial charge on any atom is 0.233 e. The van der Waals surface area contributed by atoms with E-state index in [0.717, 1.165) is 38.8 Å². The number of imide groups is 1. The van der Waals surface area contributed by atoms with E-state index < -0.39 is 0 Å². The van der Waals surface area contributed by atoms with Crippen LogP contribution in [-0.4, -0.2) is 47.2 Å². The van der Waals surface area contributed by atoms with Gasteiger partial charge in [-0.25, -0.2) is 0 Å². The predicted molar refractivity (Wildman–Crippen MR) is 107 cm³/mol. The van der Waals surface area contributed by atoms with Gasteiger partial charge in [0.05, 0.1) is 5.92 Å². The Balaban J connectivity index is 1.58. The van der Waals surface area contributed by atoms with Crippen molar-refractivity contribution in [3.63, 3.8) is 0 Å². The van der Waals surface area contributed by atoms with E-state index in [0.29, 0.717) is 25.3 Å². The highest BCUT2D eigenvalue weighted by Gasteiger charge is 2.44. The van der Waals surface area contributed by atoms with E-state index >= 15 is 0 Å². The zero-order chi connectivity index (χ0) is 20.4. The molecule has 0 saturated carbocycles. The van der Waals surface area contributed by atoms with E-state index in [9.17, 15) is 14.4 Å². The van der Waals surface area contributed by atoms with Crippen molar-refractivity contribution in [3.8, 4) is 0 Å². The maximum absolute atomic E-state index is 12.4. The summed E-state index contributed by atoms with van der Waals surface area (Å²) in [5, 5.41) is 0. The zero-order valence-electron chi connectivity index (χ0n) is 18.1. The molecule has 0 aromatic rings. The molecule has 0 N–H and O–H groups in total. The van der Waals surface area contributed by atoms with Crippen LogP contribution in [0.5, 0.6) is 0 Å². The minimum atomic E-state index is -0.184. The van der Waals surface area contributed by atoms with Crippen LogP contribution in [0.4, 0.5) is 0 Å². The number of unbranched alkanes of at least 4 members (excludes halogenated alkanes) is 3. The monoisotopic (exact) mass is 378 g/mol. The first-order valence-electron chi connectivity index (χ1n) is 10.5. The first kappa shape index (κ1) is 21.9. The summed E-state index contributed by atoms with van der Waals surface area (Å²) in [5.74, 6) is 0.675. The SMILES string of the molecule is CC(C)(C)C1CN(C(=O)CCCCCCN2C(=O)C[C@H](C(C)(C)C)C2=O)C1. The minimum Gasteiger partial charge on any atom is -0.342 e. The van der Waals surface area contributed by atoms with Gasteiger partial charge in [-0.05, 0) is 29.6 Å². The Morgan fingerprint density at radius 3 is 2.04 bits per heavy atom. The molecule has 0 unspecified atom stereocenters. The highest BCUT2D eigenvalue weighted by atomic mass is 16.2. The van der Waals surface area contributed by atoms with Crippen molar-refractivity contribution in [2.24, 2.45) is 22.7 Å². The molecule has 0 radical (unpaired) electrons. The van der Waals surface area contributed by atoms with Crippen molar-refractivity contribution in [2.45, 2.75) is 80.1 Å². The van der Waals surface area contributed by atoms with Gasteiger partial charge in [0.25, 0.3) is 0 Å². The number of likely N-dealkylation sites (tertiary alicyclic amines) is 2. The molecule has 2 rings (SSSR count). The third-order valence-electron chi connectivity index (χ3n) is 6.27. The van der Waals surface area contributed by atoms with Gasteiger partial charge in [0.15, 0.2) is 0 Å². The number of amides is 3. The summed E-state index contributed by atoms with van der Waals surface area (Å²) < 4.78 is 0. The van der Waals surface area contributed by atoms with Crippen molar-refractivity contribution < 1.29 is 14.4 Å². The lowest BCUT2D eigenvalue weighted by Gasteiger charge is -2.46. The second-order valence-electron chi connectivity index (χ2n) is 10.5. The van der Waals surface area contributed by atoms with Crippen molar-refractivity contribution >= 4 is 17.7 Å². The van der Waals surface area contributed by atoms with Crippen LogP contribution in [0.2, 0.25) is 0 Å². The van der Waals surface area contributed by atoms with Crippen LogP contribution in [0.25, 0.3) is 0 Å². The summed E-state index contributed by atoms with van der Waals surface area (Å²) in [6.45, 7) is 15.1. The van der Waals surface area contributed by atoms with Gasteiger partial charge in [0.2, 0.25) is 17.7 Å². The molecule has 2 aliphatic rings. The molecular formula is C22H38N2O3. The van der Waals surface area contributed by atoms with E-state index in [1.165, 1.54) is 4.90 Å². The zero-order valence-corrected chi connectivity index (χ0v) is 18.1. The van der Waals surface area contributed by atoms with Gasteiger partial charge in [-0.3, -0.25) is 19.3 Å². The van der Waals surface area contributed by atoms with Crippen LogP contribution < -0.4 is 0 Å². The van der Waals surface area contributed by atoms with Gasteiger partial charge < -0.3 is 4.90 Å². The fourth-order valence-electron chi connectivity index (χ4n) is 3.88. The quantitative estimate of drug-likeness (QED) is 0.499. The van der Waals surface area contributed by atoms with E-state index in [2.05, 4.69) is 20.8 Å². The highest BCUT2D eigenvalue weighted by molar-refractivity contribution is 6.03. The van der Waals surface area contributed by atoms with Crippen LogP contribution in [0, 0.1) is 22.7 Å². The fourth-order valence-corrected chi connectivity index (χ4v) is 3.88. The Hall–Kier alpha value is -1.39. The van der Waals surface area contributed by atoms with Crippen LogP contribution in [-0.2, 0) is 14.4 Å². The van der Waals surface area contributed by atoms with Gasteiger partial charge in [0, 0.05) is 32.5 Å². The number of hydrogen-bond donors (Lipinski definition) is 0. The van der Waals surface area contributed by atoms with Gasteiger partial charge in [-0.15, -0.1) is 0 Å². The topological polar surface area (TPSA) is 57.7 Å². The lowest BCUT2D eigenvalue weighted by Crippen LogP contribution is -2.54. The summed E-state index contributed by atoms with van der Waals surface area (Å²) in [5.41, 5.74) is 0.123. The smallest absolute Gasteiger partial charge is 0.233 e. The van der Waals surface area contributed by atoms with Crippen LogP contribution in [0.15, 0.2) is 0 Å². The first-order chi connectivity index (χ1) is 12.4. The lowest BCUT2D eigenvalue weighted by molar-refractivity contribution is -0.141. The van der Waals surface area contributed by atoms with E-state index in [-0.39, 0.29) is 34.5 Å². The molecule has 0 spiro atoms. The molecule has 0 aromatic carbocycles.